The van der Waals surface area contributed by atoms with E-state index < -0.39 is 18.3 Å². The number of benzene rings is 1. The molecule has 0 bridgehead atoms. The van der Waals surface area contributed by atoms with Gasteiger partial charge in [0.2, 0.25) is 0 Å². The lowest BCUT2D eigenvalue weighted by Gasteiger charge is -2.09. The van der Waals surface area contributed by atoms with Gasteiger partial charge in [0.05, 0.1) is 22.5 Å². The summed E-state index contributed by atoms with van der Waals surface area (Å²) in [6.07, 6.45) is -2.46. The Kier molecular flexibility index (Phi) is 3.54. The molecule has 17 heavy (non-hydrogen) atoms. The summed E-state index contributed by atoms with van der Waals surface area (Å²) in [7, 11) is 0. The summed E-state index contributed by atoms with van der Waals surface area (Å²) < 4.78 is 26.5. The smallest absolute Gasteiger partial charge is 0.256 e. The van der Waals surface area contributed by atoms with Crippen LogP contribution in [0.4, 0.5) is 8.78 Å². The average molecular weight is 279 g/mol. The molecule has 1 heterocycles. The van der Waals surface area contributed by atoms with Crippen molar-refractivity contribution >= 4 is 34.2 Å². The minimum Gasteiger partial charge on any atom is -0.321 e. The third kappa shape index (κ3) is 2.38. The molecule has 0 aliphatic heterocycles. The molecule has 0 spiro atoms. The molecule has 0 saturated carbocycles. The van der Waals surface area contributed by atoms with Crippen LogP contribution in [0.2, 0.25) is 5.02 Å². The van der Waals surface area contributed by atoms with Gasteiger partial charge in [-0.3, -0.25) is 0 Å². The van der Waals surface area contributed by atoms with Crippen molar-refractivity contribution in [2.24, 2.45) is 0 Å². The lowest BCUT2D eigenvalue weighted by molar-refractivity contribution is 0.127. The van der Waals surface area contributed by atoms with Crippen LogP contribution in [0.5, 0.6) is 0 Å². The van der Waals surface area contributed by atoms with E-state index in [4.69, 9.17) is 23.2 Å². The molecular formula is C11H10Cl2F2N2. The maximum Gasteiger partial charge on any atom is 0.256 e. The van der Waals surface area contributed by atoms with Crippen LogP contribution in [-0.2, 0) is 6.54 Å². The second kappa shape index (κ2) is 4.78. The average Bonchev–Trinajstić information content (AvgIpc) is 2.58. The lowest BCUT2D eigenvalue weighted by Crippen LogP contribution is -2.10. The lowest BCUT2D eigenvalue weighted by atomic mass is 10.3. The van der Waals surface area contributed by atoms with Crippen molar-refractivity contribution in [2.75, 3.05) is 0 Å². The Balaban J connectivity index is 2.67. The number of nitrogens with zero attached hydrogens (tertiary/aromatic N) is 2. The Bertz CT molecular complexity index is 537. The SMILES string of the molecule is CC(Cl)c1nc2c(Cl)cccc2n1CC(F)F. The molecule has 0 N–H and O–H groups in total. The number of para-hydroxylation sites is 1. The van der Waals surface area contributed by atoms with Crippen molar-refractivity contribution in [1.82, 2.24) is 9.55 Å². The van der Waals surface area contributed by atoms with Gasteiger partial charge < -0.3 is 4.57 Å². The Labute approximate surface area is 107 Å². The van der Waals surface area contributed by atoms with E-state index in [9.17, 15) is 8.78 Å². The van der Waals surface area contributed by atoms with E-state index in [2.05, 4.69) is 4.98 Å². The van der Waals surface area contributed by atoms with E-state index in [0.717, 1.165) is 0 Å². The molecule has 1 aromatic heterocycles. The number of imidazole rings is 1. The zero-order chi connectivity index (χ0) is 12.6. The quantitative estimate of drug-likeness (QED) is 0.768. The topological polar surface area (TPSA) is 17.8 Å². The molecule has 0 aliphatic carbocycles. The zero-order valence-corrected chi connectivity index (χ0v) is 10.5. The van der Waals surface area contributed by atoms with Crippen molar-refractivity contribution in [3.05, 3.63) is 29.0 Å². The number of hydrogen-bond donors (Lipinski definition) is 0. The van der Waals surface area contributed by atoms with E-state index in [1.54, 1.807) is 25.1 Å². The van der Waals surface area contributed by atoms with Crippen LogP contribution in [-0.4, -0.2) is 16.0 Å². The van der Waals surface area contributed by atoms with Gasteiger partial charge in [0.15, 0.2) is 0 Å². The zero-order valence-electron chi connectivity index (χ0n) is 9.00. The summed E-state index contributed by atoms with van der Waals surface area (Å²) in [4.78, 5) is 4.23. The Morgan fingerprint density at radius 2 is 2.12 bits per heavy atom. The Morgan fingerprint density at radius 1 is 1.41 bits per heavy atom. The first-order valence-electron chi connectivity index (χ1n) is 5.07. The van der Waals surface area contributed by atoms with Crippen LogP contribution < -0.4 is 0 Å². The largest absolute Gasteiger partial charge is 0.321 e. The van der Waals surface area contributed by atoms with E-state index in [1.165, 1.54) is 4.57 Å². The molecule has 0 amide bonds. The minimum atomic E-state index is -2.46. The summed E-state index contributed by atoms with van der Waals surface area (Å²) in [5.41, 5.74) is 1.10. The van der Waals surface area contributed by atoms with Crippen molar-refractivity contribution < 1.29 is 8.78 Å². The molecule has 92 valence electrons. The molecule has 1 atom stereocenters. The van der Waals surface area contributed by atoms with Crippen molar-refractivity contribution in [3.8, 4) is 0 Å². The molecule has 2 aromatic rings. The summed E-state index contributed by atoms with van der Waals surface area (Å²) in [6.45, 7) is 1.27. The molecule has 0 radical (unpaired) electrons. The second-order valence-electron chi connectivity index (χ2n) is 3.70. The highest BCUT2D eigenvalue weighted by atomic mass is 35.5. The Morgan fingerprint density at radius 3 is 2.71 bits per heavy atom. The summed E-state index contributed by atoms with van der Waals surface area (Å²) >= 11 is 11.9. The summed E-state index contributed by atoms with van der Waals surface area (Å²) in [5.74, 6) is 0.412. The van der Waals surface area contributed by atoms with Crippen molar-refractivity contribution in [1.29, 1.82) is 0 Å². The highest BCUT2D eigenvalue weighted by Gasteiger charge is 2.18. The van der Waals surface area contributed by atoms with Gasteiger partial charge in [-0.1, -0.05) is 17.7 Å². The summed E-state index contributed by atoms with van der Waals surface area (Å²) in [6, 6.07) is 5.09. The number of fused-ring (bicyclic) bond motifs is 1. The molecule has 0 saturated heterocycles. The molecule has 2 rings (SSSR count). The molecule has 2 nitrogen and oxygen atoms in total. The monoisotopic (exact) mass is 278 g/mol. The van der Waals surface area contributed by atoms with Crippen LogP contribution in [0, 0.1) is 0 Å². The number of halogens is 4. The molecule has 1 unspecified atom stereocenters. The molecule has 6 heteroatoms. The molecular weight excluding hydrogens is 269 g/mol. The number of hydrogen-bond acceptors (Lipinski definition) is 1. The van der Waals surface area contributed by atoms with Gasteiger partial charge in [-0.15, -0.1) is 11.6 Å². The van der Waals surface area contributed by atoms with Crippen LogP contribution >= 0.6 is 23.2 Å². The van der Waals surface area contributed by atoms with Crippen LogP contribution in [0.25, 0.3) is 11.0 Å². The van der Waals surface area contributed by atoms with E-state index in [-0.39, 0.29) is 0 Å². The number of rotatable bonds is 3. The molecule has 0 aliphatic rings. The predicted molar refractivity (Wildman–Crippen MR) is 65.0 cm³/mol. The summed E-state index contributed by atoms with van der Waals surface area (Å²) in [5, 5.41) is -0.00806. The first-order valence-corrected chi connectivity index (χ1v) is 5.89. The van der Waals surface area contributed by atoms with E-state index in [1.807, 2.05) is 0 Å². The fraction of sp³-hybridized carbons (Fsp3) is 0.364. The van der Waals surface area contributed by atoms with Crippen LogP contribution in [0.1, 0.15) is 18.1 Å². The van der Waals surface area contributed by atoms with Crippen molar-refractivity contribution in [2.45, 2.75) is 25.3 Å². The van der Waals surface area contributed by atoms with Crippen LogP contribution in [0.15, 0.2) is 18.2 Å². The fourth-order valence-electron chi connectivity index (χ4n) is 1.76. The maximum absolute atomic E-state index is 12.5. The van der Waals surface area contributed by atoms with Gasteiger partial charge in [0, 0.05) is 0 Å². The number of alkyl halides is 3. The van der Waals surface area contributed by atoms with Gasteiger partial charge in [0.1, 0.15) is 11.3 Å². The van der Waals surface area contributed by atoms with Gasteiger partial charge >= 0.3 is 0 Å². The molecule has 1 aromatic carbocycles. The standard InChI is InChI=1S/C11H10Cl2F2N2/c1-6(12)11-16-10-7(13)3-2-4-8(10)17(11)5-9(14)15/h2-4,6,9H,5H2,1H3. The second-order valence-corrected chi connectivity index (χ2v) is 4.76. The fourth-order valence-corrected chi connectivity index (χ4v) is 2.14. The Hall–Kier alpha value is -0.870. The first kappa shape index (κ1) is 12.6. The number of aromatic nitrogens is 2. The van der Waals surface area contributed by atoms with Crippen molar-refractivity contribution in [3.63, 3.8) is 0 Å². The minimum absolute atomic E-state index is 0.412. The van der Waals surface area contributed by atoms with E-state index in [0.29, 0.717) is 21.9 Å². The van der Waals surface area contributed by atoms with Gasteiger partial charge in [-0.2, -0.15) is 0 Å². The normalized spacial score (nSPS) is 13.5. The predicted octanol–water partition coefficient (Wildman–Crippen LogP) is 4.25. The third-order valence-electron chi connectivity index (χ3n) is 2.44. The van der Waals surface area contributed by atoms with Gasteiger partial charge in [-0.25, -0.2) is 13.8 Å². The van der Waals surface area contributed by atoms with E-state index >= 15 is 0 Å². The van der Waals surface area contributed by atoms with Gasteiger partial charge in [-0.05, 0) is 19.1 Å². The maximum atomic E-state index is 12.5. The highest BCUT2D eigenvalue weighted by molar-refractivity contribution is 6.35. The molecule has 0 fully saturated rings. The highest BCUT2D eigenvalue weighted by Crippen LogP contribution is 2.29. The van der Waals surface area contributed by atoms with Crippen LogP contribution in [0.3, 0.4) is 0 Å². The first-order chi connectivity index (χ1) is 8.00. The van der Waals surface area contributed by atoms with Gasteiger partial charge in [0.25, 0.3) is 6.43 Å². The third-order valence-corrected chi connectivity index (χ3v) is 2.94.